The second-order valence-electron chi connectivity index (χ2n) is 3.18. The van der Waals surface area contributed by atoms with Gasteiger partial charge in [-0.15, -0.1) is 0 Å². The van der Waals surface area contributed by atoms with Crippen molar-refractivity contribution in [3.8, 4) is 0 Å². The van der Waals surface area contributed by atoms with Crippen molar-refractivity contribution < 1.29 is 8.78 Å². The number of hydrogen-bond acceptors (Lipinski definition) is 3. The lowest BCUT2D eigenvalue weighted by Gasteiger charge is -2.06. The van der Waals surface area contributed by atoms with Crippen LogP contribution in [0.3, 0.4) is 0 Å². The van der Waals surface area contributed by atoms with Crippen molar-refractivity contribution >= 4 is 16.9 Å². The van der Waals surface area contributed by atoms with Crippen LogP contribution in [-0.4, -0.2) is 27.9 Å². The number of pyridine rings is 1. The molecule has 0 aliphatic carbocycles. The Morgan fingerprint density at radius 1 is 1.53 bits per heavy atom. The Labute approximate surface area is 84.7 Å². The molecule has 2 aromatic heterocycles. The van der Waals surface area contributed by atoms with Crippen molar-refractivity contribution in [3.05, 3.63) is 18.1 Å². The third-order valence-corrected chi connectivity index (χ3v) is 1.97. The minimum atomic E-state index is -2.38. The number of nitrogens with zero attached hydrogens (tertiary/aromatic N) is 2. The summed E-state index contributed by atoms with van der Waals surface area (Å²) in [5.41, 5.74) is 2.54. The number of hydrogen-bond donors (Lipinski definition) is 2. The van der Waals surface area contributed by atoms with Crippen LogP contribution in [0.15, 0.2) is 12.4 Å². The maximum Gasteiger partial charge on any atom is 0.255 e. The van der Waals surface area contributed by atoms with E-state index in [0.29, 0.717) is 16.9 Å². The van der Waals surface area contributed by atoms with E-state index in [1.54, 1.807) is 13.0 Å². The van der Waals surface area contributed by atoms with E-state index in [1.165, 1.54) is 6.33 Å². The molecule has 0 saturated carbocycles. The van der Waals surface area contributed by atoms with Crippen LogP contribution in [0, 0.1) is 6.92 Å². The van der Waals surface area contributed by atoms with Crippen LogP contribution in [0.5, 0.6) is 0 Å². The maximum absolute atomic E-state index is 12.0. The van der Waals surface area contributed by atoms with Crippen LogP contribution in [0.2, 0.25) is 0 Å². The lowest BCUT2D eigenvalue weighted by atomic mass is 10.3. The summed E-state index contributed by atoms with van der Waals surface area (Å²) >= 11 is 0. The van der Waals surface area contributed by atoms with Crippen molar-refractivity contribution in [2.45, 2.75) is 13.3 Å². The Morgan fingerprint density at radius 2 is 2.33 bits per heavy atom. The topological polar surface area (TPSA) is 53.6 Å². The smallest absolute Gasteiger partial charge is 0.255 e. The van der Waals surface area contributed by atoms with Gasteiger partial charge in [-0.05, 0) is 13.0 Å². The molecule has 0 aromatic carbocycles. The first-order valence-electron chi connectivity index (χ1n) is 4.49. The lowest BCUT2D eigenvalue weighted by molar-refractivity contribution is 0.163. The molecule has 2 heterocycles. The van der Waals surface area contributed by atoms with E-state index in [0.717, 1.165) is 5.69 Å². The Balaban J connectivity index is 2.35. The molecular weight excluding hydrogens is 202 g/mol. The van der Waals surface area contributed by atoms with Gasteiger partial charge in [0, 0.05) is 5.69 Å². The first-order valence-corrected chi connectivity index (χ1v) is 4.49. The van der Waals surface area contributed by atoms with E-state index in [1.807, 2.05) is 0 Å². The highest BCUT2D eigenvalue weighted by atomic mass is 19.3. The molecule has 0 bridgehead atoms. The predicted molar refractivity (Wildman–Crippen MR) is 53.1 cm³/mol. The van der Waals surface area contributed by atoms with Crippen molar-refractivity contribution in [3.63, 3.8) is 0 Å². The molecule has 0 fully saturated rings. The quantitative estimate of drug-likeness (QED) is 0.817. The number of nitrogens with one attached hydrogen (secondary N) is 2. The van der Waals surface area contributed by atoms with Gasteiger partial charge in [0.05, 0.1) is 18.6 Å². The average molecular weight is 212 g/mol. The molecule has 2 N–H and O–H groups in total. The summed E-state index contributed by atoms with van der Waals surface area (Å²) < 4.78 is 24.1. The third kappa shape index (κ3) is 2.03. The number of alkyl halides is 2. The summed E-state index contributed by atoms with van der Waals surface area (Å²) in [6, 6.07) is 1.71. The van der Waals surface area contributed by atoms with Gasteiger partial charge in [-0.3, -0.25) is 0 Å². The third-order valence-electron chi connectivity index (χ3n) is 1.97. The zero-order valence-corrected chi connectivity index (χ0v) is 8.09. The van der Waals surface area contributed by atoms with Crippen molar-refractivity contribution in [1.82, 2.24) is 15.0 Å². The molecule has 4 nitrogen and oxygen atoms in total. The lowest BCUT2D eigenvalue weighted by Crippen LogP contribution is -2.10. The van der Waals surface area contributed by atoms with Gasteiger partial charge < -0.3 is 10.3 Å². The van der Waals surface area contributed by atoms with Gasteiger partial charge in [0.2, 0.25) is 0 Å². The van der Waals surface area contributed by atoms with Gasteiger partial charge in [-0.1, -0.05) is 0 Å². The molecule has 0 radical (unpaired) electrons. The zero-order chi connectivity index (χ0) is 10.8. The number of anilines is 1. The number of halogens is 2. The minimum absolute atomic E-state index is 0.377. The molecule has 2 aromatic rings. The molecule has 6 heteroatoms. The highest BCUT2D eigenvalue weighted by Gasteiger charge is 2.08. The van der Waals surface area contributed by atoms with E-state index in [4.69, 9.17) is 0 Å². The number of rotatable bonds is 3. The molecule has 0 aliphatic rings. The van der Waals surface area contributed by atoms with E-state index in [9.17, 15) is 8.78 Å². The fourth-order valence-corrected chi connectivity index (χ4v) is 1.38. The number of aromatic nitrogens is 3. The average Bonchev–Trinajstić information content (AvgIpc) is 2.61. The Morgan fingerprint density at radius 3 is 3.07 bits per heavy atom. The van der Waals surface area contributed by atoms with Gasteiger partial charge in [-0.25, -0.2) is 18.7 Å². The van der Waals surface area contributed by atoms with Gasteiger partial charge in [0.1, 0.15) is 5.52 Å². The summed E-state index contributed by atoms with van der Waals surface area (Å²) in [4.78, 5) is 11.0. The highest BCUT2D eigenvalue weighted by Crippen LogP contribution is 2.19. The second-order valence-corrected chi connectivity index (χ2v) is 3.18. The van der Waals surface area contributed by atoms with E-state index >= 15 is 0 Å². The van der Waals surface area contributed by atoms with Crippen LogP contribution in [0.25, 0.3) is 11.2 Å². The zero-order valence-electron chi connectivity index (χ0n) is 8.09. The second kappa shape index (κ2) is 3.80. The van der Waals surface area contributed by atoms with Gasteiger partial charge in [-0.2, -0.15) is 0 Å². The number of imidazole rings is 1. The van der Waals surface area contributed by atoms with Crippen molar-refractivity contribution in [2.75, 3.05) is 11.9 Å². The first-order chi connectivity index (χ1) is 7.16. The normalized spacial score (nSPS) is 11.2. The number of H-pyrrole nitrogens is 1. The summed E-state index contributed by atoms with van der Waals surface area (Å²) in [5, 5.41) is 2.65. The van der Waals surface area contributed by atoms with Crippen molar-refractivity contribution in [1.29, 1.82) is 0 Å². The fraction of sp³-hybridized carbons (Fsp3) is 0.333. The SMILES string of the molecule is Cc1cc(NCC(F)F)c2[nH]cnc2n1. The number of fused-ring (bicyclic) bond motifs is 1. The Hall–Kier alpha value is -1.72. The van der Waals surface area contributed by atoms with Gasteiger partial charge >= 0.3 is 0 Å². The highest BCUT2D eigenvalue weighted by molar-refractivity contribution is 5.85. The molecule has 0 spiro atoms. The molecular formula is C9H10F2N4. The van der Waals surface area contributed by atoms with E-state index in [-0.39, 0.29) is 6.54 Å². The molecule has 0 amide bonds. The van der Waals surface area contributed by atoms with Gasteiger partial charge in [0.25, 0.3) is 6.43 Å². The monoisotopic (exact) mass is 212 g/mol. The molecule has 0 atom stereocenters. The van der Waals surface area contributed by atoms with Crippen LogP contribution in [0.1, 0.15) is 5.69 Å². The first kappa shape index (κ1) is 9.82. The summed E-state index contributed by atoms with van der Waals surface area (Å²) in [6.45, 7) is 1.42. The summed E-state index contributed by atoms with van der Waals surface area (Å²) in [7, 11) is 0. The van der Waals surface area contributed by atoms with Crippen LogP contribution < -0.4 is 5.32 Å². The standard InChI is InChI=1S/C9H10F2N4/c1-5-2-6(12-3-7(10)11)8-9(15-5)14-4-13-8/h2,4,7H,3H2,1H3,(H2,12,13,14,15). The van der Waals surface area contributed by atoms with Gasteiger partial charge in [0.15, 0.2) is 5.65 Å². The fourth-order valence-electron chi connectivity index (χ4n) is 1.38. The van der Waals surface area contributed by atoms with E-state index < -0.39 is 6.43 Å². The van der Waals surface area contributed by atoms with Crippen LogP contribution in [-0.2, 0) is 0 Å². The Bertz CT molecular complexity index is 466. The predicted octanol–water partition coefficient (Wildman–Crippen LogP) is 1.94. The molecule has 15 heavy (non-hydrogen) atoms. The molecule has 0 saturated heterocycles. The van der Waals surface area contributed by atoms with Crippen LogP contribution >= 0.6 is 0 Å². The summed E-state index contributed by atoms with van der Waals surface area (Å²) in [6.07, 6.45) is -0.888. The van der Waals surface area contributed by atoms with Crippen LogP contribution in [0.4, 0.5) is 14.5 Å². The number of aryl methyl sites for hydroxylation is 1. The summed E-state index contributed by atoms with van der Waals surface area (Å²) in [5.74, 6) is 0. The molecule has 0 aliphatic heterocycles. The molecule has 0 unspecified atom stereocenters. The minimum Gasteiger partial charge on any atom is -0.377 e. The largest absolute Gasteiger partial charge is 0.377 e. The number of aromatic amines is 1. The molecule has 80 valence electrons. The van der Waals surface area contributed by atoms with E-state index in [2.05, 4.69) is 20.3 Å². The van der Waals surface area contributed by atoms with Crippen molar-refractivity contribution in [2.24, 2.45) is 0 Å². The molecule has 2 rings (SSSR count). The Kier molecular flexibility index (Phi) is 2.49. The maximum atomic E-state index is 12.0.